The van der Waals surface area contributed by atoms with Gasteiger partial charge in [-0.3, -0.25) is 14.5 Å². The van der Waals surface area contributed by atoms with Crippen LogP contribution in [0, 0.1) is 0 Å². The number of hydrogen-bond acceptors (Lipinski definition) is 6. The van der Waals surface area contributed by atoms with Crippen LogP contribution < -0.4 is 4.90 Å². The first kappa shape index (κ1) is 17.8. The smallest absolute Gasteiger partial charge is 0.299 e. The van der Waals surface area contributed by atoms with Crippen molar-refractivity contribution in [2.45, 2.75) is 10.3 Å². The predicted octanol–water partition coefficient (Wildman–Crippen LogP) is 0.379. The van der Waals surface area contributed by atoms with E-state index in [0.29, 0.717) is 18.8 Å². The topological polar surface area (TPSA) is 78.0 Å². The quantitative estimate of drug-likeness (QED) is 0.568. The van der Waals surface area contributed by atoms with Gasteiger partial charge in [0, 0.05) is 33.2 Å². The molecule has 1 aromatic rings. The molecule has 0 radical (unpaired) electrons. The fraction of sp³-hybridized carbons (Fsp3) is 0.412. The van der Waals surface area contributed by atoms with Crippen molar-refractivity contribution in [2.24, 2.45) is 0 Å². The summed E-state index contributed by atoms with van der Waals surface area (Å²) in [6, 6.07) is 4.26. The fourth-order valence-electron chi connectivity index (χ4n) is 3.23. The highest BCUT2D eigenvalue weighted by Gasteiger charge is 2.37. The zero-order chi connectivity index (χ0) is 18.4. The summed E-state index contributed by atoms with van der Waals surface area (Å²) in [6.45, 7) is 6.50. The van der Waals surface area contributed by atoms with E-state index >= 15 is 0 Å². The number of Topliss-reactive ketones (excluding diaryl/α,β-unsaturated/α-hetero) is 1. The minimum absolute atomic E-state index is 0.0338. The molecule has 7 nitrogen and oxygen atoms in total. The van der Waals surface area contributed by atoms with Crippen molar-refractivity contribution in [1.82, 2.24) is 9.80 Å². The highest BCUT2D eigenvalue weighted by atomic mass is 32.2. The first-order valence-electron chi connectivity index (χ1n) is 8.03. The van der Waals surface area contributed by atoms with Crippen molar-refractivity contribution in [3.05, 3.63) is 36.4 Å². The van der Waals surface area contributed by atoms with Gasteiger partial charge in [0.05, 0.1) is 16.1 Å². The average Bonchev–Trinajstić information content (AvgIpc) is 2.81. The first-order valence-corrected chi connectivity index (χ1v) is 9.57. The Hall–Kier alpha value is -2.03. The molecule has 25 heavy (non-hydrogen) atoms. The molecule has 0 saturated carbocycles. The van der Waals surface area contributed by atoms with Crippen LogP contribution in [-0.2, 0) is 14.6 Å². The number of nitrogens with zero attached hydrogens (tertiary/aromatic N) is 3. The minimum atomic E-state index is -3.74. The van der Waals surface area contributed by atoms with Gasteiger partial charge in [0.25, 0.3) is 11.7 Å². The number of ketones is 1. The summed E-state index contributed by atoms with van der Waals surface area (Å²) in [4.78, 5) is 29.1. The van der Waals surface area contributed by atoms with Gasteiger partial charge in [-0.05, 0) is 25.2 Å². The molecule has 0 N–H and O–H groups in total. The van der Waals surface area contributed by atoms with Gasteiger partial charge in [-0.2, -0.15) is 0 Å². The molecule has 0 spiro atoms. The molecule has 2 heterocycles. The third-order valence-electron chi connectivity index (χ3n) is 4.82. The number of rotatable bonds is 4. The lowest BCUT2D eigenvalue weighted by Gasteiger charge is -2.36. The maximum absolute atomic E-state index is 13.1. The van der Waals surface area contributed by atoms with E-state index in [-0.39, 0.29) is 10.5 Å². The molecule has 2 aliphatic heterocycles. The Balaban J connectivity index is 1.96. The second-order valence-corrected chi connectivity index (χ2v) is 8.43. The maximum atomic E-state index is 13.1. The Labute approximate surface area is 147 Å². The lowest BCUT2D eigenvalue weighted by atomic mass is 10.1. The van der Waals surface area contributed by atoms with Gasteiger partial charge in [0.15, 0.2) is 9.84 Å². The van der Waals surface area contributed by atoms with Crippen molar-refractivity contribution in [2.75, 3.05) is 45.2 Å². The molecule has 1 fully saturated rings. The SMILES string of the molecule is C=CC(N1CCN(C)CC1)S(=O)(=O)c1ccc2c(c1)C(=O)C(=O)N2C. The number of hydrogen-bond donors (Lipinski definition) is 0. The van der Waals surface area contributed by atoms with Crippen LogP contribution in [0.1, 0.15) is 10.4 Å². The zero-order valence-corrected chi connectivity index (χ0v) is 15.1. The Kier molecular flexibility index (Phi) is 4.52. The van der Waals surface area contributed by atoms with Gasteiger partial charge in [-0.1, -0.05) is 6.08 Å². The monoisotopic (exact) mass is 363 g/mol. The molecule has 1 unspecified atom stereocenters. The predicted molar refractivity (Wildman–Crippen MR) is 94.4 cm³/mol. The van der Waals surface area contributed by atoms with Crippen LogP contribution in [0.25, 0.3) is 0 Å². The molecular formula is C17H21N3O4S. The van der Waals surface area contributed by atoms with E-state index in [4.69, 9.17) is 0 Å². The summed E-state index contributed by atoms with van der Waals surface area (Å²) >= 11 is 0. The Morgan fingerprint density at radius 1 is 1.12 bits per heavy atom. The number of benzene rings is 1. The van der Waals surface area contributed by atoms with Crippen molar-refractivity contribution in [1.29, 1.82) is 0 Å². The van der Waals surface area contributed by atoms with Gasteiger partial charge in [0.1, 0.15) is 5.37 Å². The molecule has 0 aromatic heterocycles. The van der Waals surface area contributed by atoms with Crippen LogP contribution in [0.2, 0.25) is 0 Å². The maximum Gasteiger partial charge on any atom is 0.299 e. The van der Waals surface area contributed by atoms with E-state index in [2.05, 4.69) is 11.5 Å². The van der Waals surface area contributed by atoms with E-state index in [1.54, 1.807) is 0 Å². The Bertz CT molecular complexity index is 841. The summed E-state index contributed by atoms with van der Waals surface area (Å²) in [5.74, 6) is -1.33. The number of likely N-dealkylation sites (N-methyl/N-ethyl adjacent to an activating group) is 2. The number of carbonyl (C=O) groups is 2. The molecule has 1 aromatic carbocycles. The van der Waals surface area contributed by atoms with Crippen LogP contribution in [0.5, 0.6) is 0 Å². The van der Waals surface area contributed by atoms with Gasteiger partial charge < -0.3 is 9.80 Å². The van der Waals surface area contributed by atoms with Crippen molar-refractivity contribution in [3.63, 3.8) is 0 Å². The normalized spacial score (nSPS) is 20.6. The van der Waals surface area contributed by atoms with Crippen molar-refractivity contribution in [3.8, 4) is 0 Å². The van der Waals surface area contributed by atoms with E-state index in [9.17, 15) is 18.0 Å². The van der Waals surface area contributed by atoms with Crippen LogP contribution in [0.15, 0.2) is 35.7 Å². The molecule has 1 atom stereocenters. The summed E-state index contributed by atoms with van der Waals surface area (Å²) in [5.41, 5.74) is 0.568. The van der Waals surface area contributed by atoms with Crippen molar-refractivity contribution >= 4 is 27.2 Å². The zero-order valence-electron chi connectivity index (χ0n) is 14.3. The summed E-state index contributed by atoms with van der Waals surface area (Å²) in [7, 11) is -0.249. The number of carbonyl (C=O) groups excluding carboxylic acids is 2. The average molecular weight is 363 g/mol. The Morgan fingerprint density at radius 2 is 1.76 bits per heavy atom. The molecule has 1 amide bonds. The Morgan fingerprint density at radius 3 is 2.36 bits per heavy atom. The van der Waals surface area contributed by atoms with Crippen LogP contribution in [-0.4, -0.2) is 75.6 Å². The largest absolute Gasteiger partial charge is 0.308 e. The lowest BCUT2D eigenvalue weighted by Crippen LogP contribution is -2.50. The van der Waals surface area contributed by atoms with Gasteiger partial charge >= 0.3 is 0 Å². The molecule has 0 bridgehead atoms. The number of piperazine rings is 1. The standard InChI is InChI=1S/C17H21N3O4S/c1-4-15(20-9-7-18(2)8-10-20)25(23,24)12-5-6-14-13(11-12)16(21)17(22)19(14)3/h4-6,11,15H,1,7-10H2,2-3H3. The number of sulfone groups is 1. The number of anilines is 1. The first-order chi connectivity index (χ1) is 11.8. The van der Waals surface area contributed by atoms with Crippen LogP contribution in [0.3, 0.4) is 0 Å². The lowest BCUT2D eigenvalue weighted by molar-refractivity contribution is -0.114. The summed E-state index contributed by atoms with van der Waals surface area (Å²) < 4.78 is 26.2. The molecule has 2 aliphatic rings. The number of fused-ring (bicyclic) bond motifs is 1. The highest BCUT2D eigenvalue weighted by molar-refractivity contribution is 7.92. The second kappa shape index (κ2) is 6.36. The van der Waals surface area contributed by atoms with Crippen LogP contribution >= 0.6 is 0 Å². The van der Waals surface area contributed by atoms with Gasteiger partial charge in [-0.25, -0.2) is 8.42 Å². The second-order valence-electron chi connectivity index (χ2n) is 6.38. The van der Waals surface area contributed by atoms with E-state index in [1.807, 2.05) is 11.9 Å². The fourth-order valence-corrected chi connectivity index (χ4v) is 4.91. The van der Waals surface area contributed by atoms with Gasteiger partial charge in [0.2, 0.25) is 0 Å². The third kappa shape index (κ3) is 2.90. The minimum Gasteiger partial charge on any atom is -0.308 e. The molecular weight excluding hydrogens is 342 g/mol. The van der Waals surface area contributed by atoms with Gasteiger partial charge in [-0.15, -0.1) is 6.58 Å². The molecule has 0 aliphatic carbocycles. The molecule has 8 heteroatoms. The van der Waals surface area contributed by atoms with Crippen LogP contribution in [0.4, 0.5) is 5.69 Å². The van der Waals surface area contributed by atoms with E-state index < -0.39 is 26.9 Å². The third-order valence-corrected chi connectivity index (χ3v) is 6.86. The number of amides is 1. The summed E-state index contributed by atoms with van der Waals surface area (Å²) in [5, 5.41) is -0.857. The van der Waals surface area contributed by atoms with E-state index in [1.165, 1.54) is 36.2 Å². The molecule has 3 rings (SSSR count). The highest BCUT2D eigenvalue weighted by Crippen LogP contribution is 2.31. The van der Waals surface area contributed by atoms with Crippen molar-refractivity contribution < 1.29 is 18.0 Å². The summed E-state index contributed by atoms with van der Waals surface area (Å²) in [6.07, 6.45) is 1.42. The molecule has 134 valence electrons. The molecule has 1 saturated heterocycles. The van der Waals surface area contributed by atoms with E-state index in [0.717, 1.165) is 13.1 Å².